The number of amides is 2. The molecule has 0 saturated carbocycles. The van der Waals surface area contributed by atoms with Gasteiger partial charge in [-0.25, -0.2) is 9.69 Å². The molecule has 0 aromatic heterocycles. The second kappa shape index (κ2) is 9.83. The van der Waals surface area contributed by atoms with Gasteiger partial charge in [-0.3, -0.25) is 9.59 Å². The molecule has 6 nitrogen and oxygen atoms in total. The number of esters is 1. The second-order valence-corrected chi connectivity index (χ2v) is 9.22. The van der Waals surface area contributed by atoms with E-state index in [2.05, 4.69) is 35.1 Å². The van der Waals surface area contributed by atoms with E-state index in [9.17, 15) is 14.4 Å². The van der Waals surface area contributed by atoms with Gasteiger partial charge in [0.2, 0.25) is 0 Å². The number of imide groups is 1. The number of halogens is 2. The molecule has 4 rings (SSSR count). The number of carbonyl (C=O) groups excluding carboxylic acids is 3. The van der Waals surface area contributed by atoms with Crippen molar-refractivity contribution in [2.24, 2.45) is 0 Å². The third-order valence-electron chi connectivity index (χ3n) is 5.26. The van der Waals surface area contributed by atoms with E-state index in [4.69, 9.17) is 16.3 Å². The largest absolute Gasteiger partial charge is 0.423 e. The van der Waals surface area contributed by atoms with E-state index in [0.29, 0.717) is 28.6 Å². The first-order chi connectivity index (χ1) is 16.2. The first-order valence-electron chi connectivity index (χ1n) is 10.5. The van der Waals surface area contributed by atoms with Crippen LogP contribution in [-0.4, -0.2) is 17.8 Å². The Hall–Kier alpha value is -3.42. The molecule has 0 spiro atoms. The average molecular weight is 540 g/mol. The smallest absolute Gasteiger partial charge is 0.343 e. The fraction of sp³-hybridized carbons (Fsp3) is 0.115. The van der Waals surface area contributed by atoms with Gasteiger partial charge in [0.1, 0.15) is 16.5 Å². The lowest BCUT2D eigenvalue weighted by atomic mass is 10.0. The van der Waals surface area contributed by atoms with Crippen molar-refractivity contribution in [3.05, 3.63) is 99.1 Å². The van der Waals surface area contributed by atoms with E-state index >= 15 is 0 Å². The van der Waals surface area contributed by atoms with Crippen LogP contribution in [0.2, 0.25) is 0 Å². The number of anilines is 2. The third kappa shape index (κ3) is 4.90. The number of nitrogens with zero attached hydrogens (tertiary/aromatic N) is 1. The van der Waals surface area contributed by atoms with E-state index in [-0.39, 0.29) is 10.7 Å². The van der Waals surface area contributed by atoms with Gasteiger partial charge in [-0.15, -0.1) is 0 Å². The van der Waals surface area contributed by atoms with Crippen molar-refractivity contribution < 1.29 is 19.1 Å². The fourth-order valence-electron chi connectivity index (χ4n) is 3.36. The fourth-order valence-corrected chi connectivity index (χ4v) is 3.83. The van der Waals surface area contributed by atoms with Gasteiger partial charge in [-0.1, -0.05) is 53.5 Å². The maximum atomic E-state index is 12.9. The quantitative estimate of drug-likeness (QED) is 0.228. The lowest BCUT2D eigenvalue weighted by Gasteiger charge is -2.15. The van der Waals surface area contributed by atoms with Gasteiger partial charge in [-0.05, 0) is 72.1 Å². The molecule has 0 aliphatic carbocycles. The van der Waals surface area contributed by atoms with Gasteiger partial charge >= 0.3 is 5.97 Å². The molecule has 1 aliphatic heterocycles. The summed E-state index contributed by atoms with van der Waals surface area (Å²) in [5.74, 6) is -0.838. The Morgan fingerprint density at radius 2 is 1.53 bits per heavy atom. The summed E-state index contributed by atoms with van der Waals surface area (Å²) >= 11 is 9.50. The highest BCUT2D eigenvalue weighted by molar-refractivity contribution is 9.10. The minimum atomic E-state index is -0.611. The van der Waals surface area contributed by atoms with Crippen LogP contribution in [0.5, 0.6) is 5.75 Å². The summed E-state index contributed by atoms with van der Waals surface area (Å²) in [6.45, 7) is 4.18. The number of ether oxygens (including phenoxy) is 1. The van der Waals surface area contributed by atoms with E-state index in [0.717, 1.165) is 14.9 Å². The number of rotatable bonds is 6. The summed E-state index contributed by atoms with van der Waals surface area (Å²) in [6, 6.07) is 20.5. The number of hydrogen-bond acceptors (Lipinski definition) is 5. The van der Waals surface area contributed by atoms with Crippen LogP contribution >= 0.6 is 27.5 Å². The van der Waals surface area contributed by atoms with Gasteiger partial charge in [0.25, 0.3) is 11.8 Å². The molecule has 172 valence electrons. The Labute approximate surface area is 210 Å². The van der Waals surface area contributed by atoms with E-state index in [1.165, 1.54) is 0 Å². The van der Waals surface area contributed by atoms with Crippen LogP contribution < -0.4 is 15.0 Å². The SMILES string of the molecule is CC(C)c1ccc(OC(=O)c2ccc(NC3=C(Cl)C(=O)N(c4ccc(Br)cc4)C3=O)cc2)cc1. The summed E-state index contributed by atoms with van der Waals surface area (Å²) in [5.41, 5.74) is 2.36. The number of carbonyl (C=O) groups is 3. The zero-order valence-corrected chi connectivity index (χ0v) is 20.7. The molecular weight excluding hydrogens is 520 g/mol. The normalized spacial score (nSPS) is 13.6. The summed E-state index contributed by atoms with van der Waals surface area (Å²) < 4.78 is 6.25. The maximum absolute atomic E-state index is 12.9. The summed E-state index contributed by atoms with van der Waals surface area (Å²) in [5, 5.41) is 2.68. The van der Waals surface area contributed by atoms with Gasteiger partial charge in [0.15, 0.2) is 0 Å². The monoisotopic (exact) mass is 538 g/mol. The molecule has 34 heavy (non-hydrogen) atoms. The molecule has 0 atom stereocenters. The zero-order valence-electron chi connectivity index (χ0n) is 18.3. The van der Waals surface area contributed by atoms with Crippen molar-refractivity contribution in [3.63, 3.8) is 0 Å². The molecular formula is C26H20BrClN2O4. The second-order valence-electron chi connectivity index (χ2n) is 7.93. The molecule has 0 unspecified atom stereocenters. The van der Waals surface area contributed by atoms with Crippen LogP contribution in [0.1, 0.15) is 35.7 Å². The van der Waals surface area contributed by atoms with Crippen LogP contribution in [0.3, 0.4) is 0 Å². The maximum Gasteiger partial charge on any atom is 0.343 e. The van der Waals surface area contributed by atoms with Gasteiger partial charge < -0.3 is 10.1 Å². The van der Waals surface area contributed by atoms with Crippen LogP contribution in [0.4, 0.5) is 11.4 Å². The minimum Gasteiger partial charge on any atom is -0.423 e. The lowest BCUT2D eigenvalue weighted by molar-refractivity contribution is -0.120. The Balaban J connectivity index is 1.44. The Bertz CT molecular complexity index is 1280. The molecule has 1 aliphatic rings. The molecule has 1 N–H and O–H groups in total. The zero-order chi connectivity index (χ0) is 24.4. The number of benzene rings is 3. The molecule has 3 aromatic carbocycles. The Kier molecular flexibility index (Phi) is 6.86. The van der Waals surface area contributed by atoms with Crippen LogP contribution in [-0.2, 0) is 9.59 Å². The van der Waals surface area contributed by atoms with Gasteiger partial charge in [-0.2, -0.15) is 0 Å². The van der Waals surface area contributed by atoms with Crippen LogP contribution in [0.15, 0.2) is 88.0 Å². The van der Waals surface area contributed by atoms with Crippen molar-refractivity contribution >= 4 is 56.7 Å². The topological polar surface area (TPSA) is 75.7 Å². The molecule has 3 aromatic rings. The highest BCUT2D eigenvalue weighted by atomic mass is 79.9. The lowest BCUT2D eigenvalue weighted by Crippen LogP contribution is -2.32. The van der Waals surface area contributed by atoms with Crippen molar-refractivity contribution in [1.29, 1.82) is 0 Å². The first-order valence-corrected chi connectivity index (χ1v) is 11.6. The summed E-state index contributed by atoms with van der Waals surface area (Å²) in [7, 11) is 0. The minimum absolute atomic E-state index is 0.0323. The first kappa shape index (κ1) is 23.7. The van der Waals surface area contributed by atoms with Crippen molar-refractivity contribution in [1.82, 2.24) is 0 Å². The molecule has 0 saturated heterocycles. The number of hydrogen-bond donors (Lipinski definition) is 1. The molecule has 8 heteroatoms. The standard InChI is InChI=1S/C26H20BrClN2O4/c1-15(2)16-5-13-21(14-6-16)34-26(33)17-3-9-19(10-4-17)29-23-22(28)24(31)30(25(23)32)20-11-7-18(27)8-12-20/h3-15,29H,1-2H3. The Morgan fingerprint density at radius 3 is 2.12 bits per heavy atom. The number of nitrogens with one attached hydrogen (secondary N) is 1. The van der Waals surface area contributed by atoms with Crippen LogP contribution in [0.25, 0.3) is 0 Å². The highest BCUT2D eigenvalue weighted by Gasteiger charge is 2.38. The molecule has 1 heterocycles. The van der Waals surface area contributed by atoms with E-state index in [1.807, 2.05) is 12.1 Å². The molecule has 2 amide bonds. The van der Waals surface area contributed by atoms with E-state index in [1.54, 1.807) is 60.7 Å². The Morgan fingerprint density at radius 1 is 0.912 bits per heavy atom. The third-order valence-corrected chi connectivity index (χ3v) is 6.14. The van der Waals surface area contributed by atoms with Crippen molar-refractivity contribution in [3.8, 4) is 5.75 Å². The molecule has 0 radical (unpaired) electrons. The average Bonchev–Trinajstić information content (AvgIpc) is 3.03. The highest BCUT2D eigenvalue weighted by Crippen LogP contribution is 2.31. The van der Waals surface area contributed by atoms with Crippen molar-refractivity contribution in [2.75, 3.05) is 10.2 Å². The predicted octanol–water partition coefficient (Wildman–Crippen LogP) is 6.23. The molecule has 0 bridgehead atoms. The van der Waals surface area contributed by atoms with Crippen molar-refractivity contribution in [2.45, 2.75) is 19.8 Å². The van der Waals surface area contributed by atoms with Gasteiger partial charge in [0.05, 0.1) is 11.3 Å². The predicted molar refractivity (Wildman–Crippen MR) is 135 cm³/mol. The summed E-state index contributed by atoms with van der Waals surface area (Å²) in [4.78, 5) is 38.9. The van der Waals surface area contributed by atoms with Gasteiger partial charge in [0, 0.05) is 10.2 Å². The van der Waals surface area contributed by atoms with E-state index < -0.39 is 17.8 Å². The molecule has 0 fully saturated rings. The van der Waals surface area contributed by atoms with Crippen LogP contribution in [0, 0.1) is 0 Å². The summed E-state index contributed by atoms with van der Waals surface area (Å²) in [6.07, 6.45) is 0.